The molecular formula is C32H45N5O6. The van der Waals surface area contributed by atoms with Crippen LogP contribution < -0.4 is 21.3 Å². The monoisotopic (exact) mass is 595 g/mol. The molecule has 11 heteroatoms. The molecule has 0 spiro atoms. The van der Waals surface area contributed by atoms with Crippen molar-refractivity contribution in [2.24, 2.45) is 0 Å². The number of esters is 1. The zero-order valence-electron chi connectivity index (χ0n) is 25.8. The molecule has 1 heterocycles. The quantitative estimate of drug-likeness (QED) is 0.217. The molecular weight excluding hydrogens is 550 g/mol. The highest BCUT2D eigenvalue weighted by molar-refractivity contribution is 5.88. The fourth-order valence-corrected chi connectivity index (χ4v) is 5.03. The minimum absolute atomic E-state index is 0.00312. The molecule has 1 aliphatic heterocycles. The molecule has 3 rings (SSSR count). The van der Waals surface area contributed by atoms with Gasteiger partial charge in [0.25, 0.3) is 0 Å². The van der Waals surface area contributed by atoms with Gasteiger partial charge in [0.2, 0.25) is 11.8 Å². The number of likely N-dealkylation sites (tertiary alicyclic amines) is 1. The molecule has 0 saturated carbocycles. The average molecular weight is 596 g/mol. The predicted octanol–water partition coefficient (Wildman–Crippen LogP) is 2.81. The lowest BCUT2D eigenvalue weighted by Crippen LogP contribution is -2.57. The molecule has 0 bridgehead atoms. The van der Waals surface area contributed by atoms with Gasteiger partial charge < -0.3 is 30.7 Å². The second-order valence-electron chi connectivity index (χ2n) is 11.6. The maximum Gasteiger partial charge on any atom is 0.407 e. The highest BCUT2D eigenvalue weighted by atomic mass is 16.6. The summed E-state index contributed by atoms with van der Waals surface area (Å²) in [5.41, 5.74) is 0.617. The van der Waals surface area contributed by atoms with Crippen molar-refractivity contribution in [3.63, 3.8) is 0 Å². The number of fused-ring (bicyclic) bond motifs is 1. The Balaban J connectivity index is 1.56. The number of alkyl carbamates (subject to hydrolysis) is 1. The minimum Gasteiger partial charge on any atom is -0.466 e. The Morgan fingerprint density at radius 1 is 1.00 bits per heavy atom. The van der Waals surface area contributed by atoms with Gasteiger partial charge in [0, 0.05) is 44.3 Å². The first-order chi connectivity index (χ1) is 20.5. The number of nitrogens with zero attached hydrogens (tertiary/aromatic N) is 1. The van der Waals surface area contributed by atoms with E-state index < -0.39 is 35.5 Å². The lowest BCUT2D eigenvalue weighted by Gasteiger charge is -2.38. The van der Waals surface area contributed by atoms with Gasteiger partial charge in [-0.05, 0) is 56.9 Å². The van der Waals surface area contributed by atoms with E-state index in [0.717, 1.165) is 25.9 Å². The summed E-state index contributed by atoms with van der Waals surface area (Å²) < 4.78 is 9.83. The van der Waals surface area contributed by atoms with Gasteiger partial charge in [0.15, 0.2) is 0 Å². The van der Waals surface area contributed by atoms with Crippen LogP contribution in [0.4, 0.5) is 4.79 Å². The molecule has 2 aromatic carbocycles. The Kier molecular flexibility index (Phi) is 12.5. The Hall–Kier alpha value is -3.96. The second kappa shape index (κ2) is 16.0. The van der Waals surface area contributed by atoms with Crippen molar-refractivity contribution in [1.29, 1.82) is 0 Å². The Bertz CT molecular complexity index is 1280. The van der Waals surface area contributed by atoms with E-state index in [-0.39, 0.29) is 31.7 Å². The van der Waals surface area contributed by atoms with Gasteiger partial charge in [0.05, 0.1) is 13.7 Å². The van der Waals surface area contributed by atoms with Crippen molar-refractivity contribution in [3.05, 3.63) is 60.2 Å². The van der Waals surface area contributed by atoms with Gasteiger partial charge in [-0.25, -0.2) is 9.59 Å². The second-order valence-corrected chi connectivity index (χ2v) is 11.6. The number of carbonyl (C=O) groups excluding carboxylic acids is 4. The van der Waals surface area contributed by atoms with Crippen molar-refractivity contribution in [2.75, 3.05) is 39.8 Å². The number of piperidine rings is 1. The van der Waals surface area contributed by atoms with Crippen LogP contribution in [0.5, 0.6) is 0 Å². The first-order valence-electron chi connectivity index (χ1n) is 14.7. The molecule has 0 aromatic heterocycles. The number of methoxy groups -OCH3 is 1. The highest BCUT2D eigenvalue weighted by Crippen LogP contribution is 2.30. The standard InChI is InChI=1S/C32H45N5O6/c1-22(25-13-8-11-23-10-6-7-12-26(23)25)37-18-15-24(16-19-37)36-27(20-35-31(41)43-32(2,3)4)30(40)34-21-28(38)33-17-9-14-29(39)42-5/h6-14,22,24,27,36H,15-21H2,1-5H3,(H,33,38)(H,34,40)(H,35,41)/b14-9+/t22-,27?/m1/s1. The maximum absolute atomic E-state index is 13.1. The van der Waals surface area contributed by atoms with E-state index in [1.165, 1.54) is 35.6 Å². The summed E-state index contributed by atoms with van der Waals surface area (Å²) in [6, 6.07) is 14.3. The first kappa shape index (κ1) is 33.5. The van der Waals surface area contributed by atoms with Gasteiger partial charge in [0.1, 0.15) is 11.6 Å². The lowest BCUT2D eigenvalue weighted by atomic mass is 9.96. The highest BCUT2D eigenvalue weighted by Gasteiger charge is 2.29. The Morgan fingerprint density at radius 3 is 2.40 bits per heavy atom. The normalized spacial score (nSPS) is 15.9. The molecule has 2 aromatic rings. The fourth-order valence-electron chi connectivity index (χ4n) is 5.03. The van der Waals surface area contributed by atoms with E-state index in [2.05, 4.69) is 80.3 Å². The van der Waals surface area contributed by atoms with Gasteiger partial charge in [-0.2, -0.15) is 0 Å². The van der Waals surface area contributed by atoms with Crippen LogP contribution in [-0.4, -0.2) is 86.3 Å². The molecule has 43 heavy (non-hydrogen) atoms. The van der Waals surface area contributed by atoms with Gasteiger partial charge >= 0.3 is 12.1 Å². The molecule has 4 N–H and O–H groups in total. The SMILES string of the molecule is COC(=O)/C=C/CNC(=O)CNC(=O)C(CNC(=O)OC(C)(C)C)NC1CCN([C@H](C)c2cccc3ccccc23)CC1. The fraction of sp³-hybridized carbons (Fsp3) is 0.500. The minimum atomic E-state index is -0.772. The van der Waals surface area contributed by atoms with Crippen LogP contribution in [0.25, 0.3) is 10.8 Å². The molecule has 2 atom stereocenters. The van der Waals surface area contributed by atoms with Gasteiger partial charge in [-0.15, -0.1) is 0 Å². The molecule has 1 unspecified atom stereocenters. The molecule has 0 radical (unpaired) electrons. The van der Waals surface area contributed by atoms with Crippen LogP contribution in [-0.2, 0) is 23.9 Å². The zero-order valence-corrected chi connectivity index (χ0v) is 25.8. The van der Waals surface area contributed by atoms with Crippen molar-refractivity contribution in [3.8, 4) is 0 Å². The third-order valence-electron chi connectivity index (χ3n) is 7.25. The van der Waals surface area contributed by atoms with Crippen LogP contribution in [0.15, 0.2) is 54.6 Å². The maximum atomic E-state index is 13.1. The number of nitrogens with one attached hydrogen (secondary N) is 4. The molecule has 11 nitrogen and oxygen atoms in total. The number of carbonyl (C=O) groups is 4. The number of amides is 3. The van der Waals surface area contributed by atoms with Crippen LogP contribution in [0.2, 0.25) is 0 Å². The lowest BCUT2D eigenvalue weighted by molar-refractivity contribution is -0.134. The van der Waals surface area contributed by atoms with Gasteiger partial charge in [-0.1, -0.05) is 48.5 Å². The van der Waals surface area contributed by atoms with E-state index in [0.29, 0.717) is 0 Å². The largest absolute Gasteiger partial charge is 0.466 e. The van der Waals surface area contributed by atoms with E-state index in [1.807, 2.05) is 0 Å². The van der Waals surface area contributed by atoms with E-state index in [9.17, 15) is 19.2 Å². The summed E-state index contributed by atoms with van der Waals surface area (Å²) in [6.07, 6.45) is 3.67. The summed E-state index contributed by atoms with van der Waals surface area (Å²) >= 11 is 0. The predicted molar refractivity (Wildman–Crippen MR) is 165 cm³/mol. The van der Waals surface area contributed by atoms with Crippen LogP contribution in [0.3, 0.4) is 0 Å². The summed E-state index contributed by atoms with van der Waals surface area (Å²) in [6.45, 7) is 9.07. The summed E-state index contributed by atoms with van der Waals surface area (Å²) in [4.78, 5) is 51.2. The average Bonchev–Trinajstić information content (AvgIpc) is 2.98. The van der Waals surface area contributed by atoms with E-state index in [1.54, 1.807) is 20.8 Å². The van der Waals surface area contributed by atoms with Crippen molar-refractivity contribution < 1.29 is 28.7 Å². The number of ether oxygens (including phenoxy) is 2. The van der Waals surface area contributed by atoms with Gasteiger partial charge in [-0.3, -0.25) is 14.5 Å². The smallest absolute Gasteiger partial charge is 0.407 e. The number of rotatable bonds is 12. The summed E-state index contributed by atoms with van der Waals surface area (Å²) in [5, 5.41) is 13.8. The zero-order chi connectivity index (χ0) is 31.4. The summed E-state index contributed by atoms with van der Waals surface area (Å²) in [7, 11) is 1.26. The third kappa shape index (κ3) is 11.0. The van der Waals surface area contributed by atoms with Crippen molar-refractivity contribution >= 4 is 34.6 Å². The number of benzene rings is 2. The van der Waals surface area contributed by atoms with Crippen LogP contribution >= 0.6 is 0 Å². The Morgan fingerprint density at radius 2 is 1.70 bits per heavy atom. The molecule has 3 amide bonds. The number of hydrogen-bond donors (Lipinski definition) is 4. The van der Waals surface area contributed by atoms with Crippen molar-refractivity contribution in [1.82, 2.24) is 26.2 Å². The van der Waals surface area contributed by atoms with Crippen LogP contribution in [0.1, 0.15) is 52.1 Å². The van der Waals surface area contributed by atoms with Crippen LogP contribution in [0, 0.1) is 0 Å². The molecule has 1 aliphatic rings. The summed E-state index contributed by atoms with van der Waals surface area (Å²) in [5.74, 6) is -1.36. The topological polar surface area (TPSA) is 138 Å². The van der Waals surface area contributed by atoms with E-state index in [4.69, 9.17) is 4.74 Å². The molecule has 234 valence electrons. The third-order valence-corrected chi connectivity index (χ3v) is 7.25. The molecule has 1 fully saturated rings. The molecule has 1 saturated heterocycles. The first-order valence-corrected chi connectivity index (χ1v) is 14.7. The molecule has 0 aliphatic carbocycles. The Labute approximate surface area is 253 Å². The number of hydrogen-bond acceptors (Lipinski definition) is 8. The van der Waals surface area contributed by atoms with E-state index >= 15 is 0 Å². The van der Waals surface area contributed by atoms with Crippen molar-refractivity contribution in [2.45, 2.75) is 64.3 Å².